The van der Waals surface area contributed by atoms with E-state index in [0.717, 1.165) is 5.56 Å². The maximum Gasteiger partial charge on any atom is 0.159 e. The molecule has 0 N–H and O–H groups in total. The van der Waals surface area contributed by atoms with E-state index in [0.29, 0.717) is 18.1 Å². The van der Waals surface area contributed by atoms with E-state index in [9.17, 15) is 4.79 Å². The highest BCUT2D eigenvalue weighted by Crippen LogP contribution is 2.09. The number of carbonyl (C=O) groups is 1. The molecule has 1 rings (SSSR count). The Morgan fingerprint density at radius 2 is 1.95 bits per heavy atom. The Kier molecular flexibility index (Phi) is 6.37. The molecular formula is C16H22ClNO2. The molecule has 0 bridgehead atoms. The van der Waals surface area contributed by atoms with Gasteiger partial charge < -0.3 is 4.74 Å². The molecule has 1 aromatic carbocycles. The van der Waals surface area contributed by atoms with Gasteiger partial charge in [0.05, 0.1) is 12.2 Å². The third-order valence-corrected chi connectivity index (χ3v) is 2.92. The molecule has 0 heterocycles. The Morgan fingerprint density at radius 1 is 1.35 bits per heavy atom. The molecule has 4 heteroatoms. The van der Waals surface area contributed by atoms with Crippen LogP contribution in [-0.4, -0.2) is 30.2 Å². The second-order valence-electron chi connectivity index (χ2n) is 5.68. The van der Waals surface area contributed by atoms with E-state index in [-0.39, 0.29) is 17.4 Å². The first kappa shape index (κ1) is 16.9. The summed E-state index contributed by atoms with van der Waals surface area (Å²) in [4.78, 5) is 16.2. The lowest BCUT2D eigenvalue weighted by atomic mass is 10.1. The monoisotopic (exact) mass is 295 g/mol. The molecule has 0 amide bonds. The first-order valence-electron chi connectivity index (χ1n) is 6.73. The normalized spacial score (nSPS) is 13.7. The van der Waals surface area contributed by atoms with Gasteiger partial charge >= 0.3 is 0 Å². The fourth-order valence-corrected chi connectivity index (χ4v) is 1.62. The largest absolute Gasteiger partial charge is 0.375 e. The van der Waals surface area contributed by atoms with E-state index in [1.807, 2.05) is 32.9 Å². The quantitative estimate of drug-likeness (QED) is 0.746. The number of benzene rings is 1. The second-order valence-corrected chi connectivity index (χ2v) is 6.12. The van der Waals surface area contributed by atoms with E-state index in [2.05, 4.69) is 4.99 Å². The van der Waals surface area contributed by atoms with Gasteiger partial charge in [0.15, 0.2) is 5.78 Å². The maximum absolute atomic E-state index is 11.9. The van der Waals surface area contributed by atoms with E-state index in [4.69, 9.17) is 16.3 Å². The minimum absolute atomic E-state index is 0.0828. The zero-order valence-electron chi connectivity index (χ0n) is 12.5. The fraction of sp³-hybridized carbons (Fsp3) is 0.500. The van der Waals surface area contributed by atoms with Crippen molar-refractivity contribution < 1.29 is 9.53 Å². The van der Waals surface area contributed by atoms with Gasteiger partial charge in [-0.1, -0.05) is 23.7 Å². The molecule has 20 heavy (non-hydrogen) atoms. The third-order valence-electron chi connectivity index (χ3n) is 2.67. The average Bonchev–Trinajstić information content (AvgIpc) is 2.36. The van der Waals surface area contributed by atoms with Crippen molar-refractivity contribution in [1.82, 2.24) is 0 Å². The first-order valence-corrected chi connectivity index (χ1v) is 7.11. The molecule has 0 spiro atoms. The second kappa shape index (κ2) is 7.55. The molecule has 0 aliphatic carbocycles. The number of nitrogens with zero attached hydrogens (tertiary/aromatic N) is 1. The van der Waals surface area contributed by atoms with Gasteiger partial charge in [-0.2, -0.15) is 0 Å². The highest BCUT2D eigenvalue weighted by atomic mass is 35.5. The van der Waals surface area contributed by atoms with E-state index < -0.39 is 0 Å². The van der Waals surface area contributed by atoms with Crippen LogP contribution in [0.4, 0.5) is 0 Å². The van der Waals surface area contributed by atoms with Crippen LogP contribution in [0, 0.1) is 0 Å². The highest BCUT2D eigenvalue weighted by Gasteiger charge is 2.14. The van der Waals surface area contributed by atoms with E-state index in [1.165, 1.54) is 0 Å². The molecular weight excluding hydrogens is 274 g/mol. The summed E-state index contributed by atoms with van der Waals surface area (Å²) in [6, 6.07) is 6.98. The Labute approximate surface area is 126 Å². The zero-order chi connectivity index (χ0) is 15.2. The molecule has 0 radical (unpaired) electrons. The van der Waals surface area contributed by atoms with Gasteiger partial charge in [0.1, 0.15) is 6.04 Å². The van der Waals surface area contributed by atoms with Gasteiger partial charge in [-0.05, 0) is 45.4 Å². The van der Waals surface area contributed by atoms with Crippen LogP contribution in [0.2, 0.25) is 5.02 Å². The Morgan fingerprint density at radius 3 is 2.50 bits per heavy atom. The van der Waals surface area contributed by atoms with Crippen LogP contribution in [0.3, 0.4) is 0 Å². The van der Waals surface area contributed by atoms with Crippen molar-refractivity contribution in [2.45, 2.75) is 45.8 Å². The maximum atomic E-state index is 11.9. The minimum Gasteiger partial charge on any atom is -0.375 e. The van der Waals surface area contributed by atoms with Crippen molar-refractivity contribution in [3.05, 3.63) is 34.9 Å². The van der Waals surface area contributed by atoms with Gasteiger partial charge in [0, 0.05) is 17.7 Å². The molecule has 0 aliphatic rings. The molecule has 0 unspecified atom stereocenters. The molecule has 0 fully saturated rings. The molecule has 3 nitrogen and oxygen atoms in total. The SMILES string of the molecule is C[C@@H](N=Cc1ccc(Cl)cc1)C(=O)CCOC(C)(C)C. The van der Waals surface area contributed by atoms with Crippen molar-refractivity contribution in [2.75, 3.05) is 6.61 Å². The molecule has 1 aromatic rings. The van der Waals surface area contributed by atoms with Gasteiger partial charge in [-0.15, -0.1) is 0 Å². The Hall–Kier alpha value is -1.19. The number of carbonyl (C=O) groups excluding carboxylic acids is 1. The lowest BCUT2D eigenvalue weighted by Crippen LogP contribution is -2.23. The van der Waals surface area contributed by atoms with Crippen molar-refractivity contribution in [3.63, 3.8) is 0 Å². The number of hydrogen-bond acceptors (Lipinski definition) is 3. The summed E-state index contributed by atoms with van der Waals surface area (Å²) in [5, 5.41) is 0.686. The molecule has 0 aromatic heterocycles. The summed E-state index contributed by atoms with van der Waals surface area (Å²) in [5.41, 5.74) is 0.718. The van der Waals surface area contributed by atoms with Crippen LogP contribution < -0.4 is 0 Å². The predicted octanol–water partition coefficient (Wildman–Crippen LogP) is 3.92. The number of Topliss-reactive ketones (excluding diaryl/α,β-unsaturated/α-hetero) is 1. The molecule has 0 saturated carbocycles. The van der Waals surface area contributed by atoms with Crippen LogP contribution in [0.1, 0.15) is 39.7 Å². The Balaban J connectivity index is 2.43. The number of halogens is 1. The predicted molar refractivity (Wildman–Crippen MR) is 83.8 cm³/mol. The van der Waals surface area contributed by atoms with Crippen molar-refractivity contribution in [3.8, 4) is 0 Å². The number of ether oxygens (including phenoxy) is 1. The summed E-state index contributed by atoms with van der Waals surface area (Å²) in [6.45, 7) is 8.15. The topological polar surface area (TPSA) is 38.7 Å². The minimum atomic E-state index is -0.353. The van der Waals surface area contributed by atoms with Gasteiger partial charge in [-0.25, -0.2) is 0 Å². The van der Waals surface area contributed by atoms with Crippen LogP contribution in [-0.2, 0) is 9.53 Å². The standard InChI is InChI=1S/C16H22ClNO2/c1-12(15(19)9-10-20-16(2,3)4)18-11-13-5-7-14(17)8-6-13/h5-8,11-12H,9-10H2,1-4H3/t12-/m1/s1. The van der Waals surface area contributed by atoms with Crippen LogP contribution in [0.5, 0.6) is 0 Å². The molecule has 0 saturated heterocycles. The van der Waals surface area contributed by atoms with Crippen LogP contribution >= 0.6 is 11.6 Å². The van der Waals surface area contributed by atoms with Crippen LogP contribution in [0.25, 0.3) is 0 Å². The number of hydrogen-bond donors (Lipinski definition) is 0. The van der Waals surface area contributed by atoms with E-state index >= 15 is 0 Å². The van der Waals surface area contributed by atoms with Crippen LogP contribution in [0.15, 0.2) is 29.3 Å². The van der Waals surface area contributed by atoms with Gasteiger partial charge in [-0.3, -0.25) is 9.79 Å². The number of rotatable bonds is 6. The molecule has 1 atom stereocenters. The van der Waals surface area contributed by atoms with Gasteiger partial charge in [0.2, 0.25) is 0 Å². The molecule has 110 valence electrons. The lowest BCUT2D eigenvalue weighted by molar-refractivity contribution is -0.122. The number of aliphatic imine (C=N–C) groups is 1. The lowest BCUT2D eigenvalue weighted by Gasteiger charge is -2.19. The van der Waals surface area contributed by atoms with E-state index in [1.54, 1.807) is 25.3 Å². The van der Waals surface area contributed by atoms with Crippen molar-refractivity contribution in [2.24, 2.45) is 4.99 Å². The third kappa shape index (κ3) is 6.83. The highest BCUT2D eigenvalue weighted by molar-refractivity contribution is 6.30. The summed E-state index contributed by atoms with van der Waals surface area (Å²) in [5.74, 6) is 0.0828. The summed E-state index contributed by atoms with van der Waals surface area (Å²) < 4.78 is 5.54. The average molecular weight is 296 g/mol. The number of ketones is 1. The van der Waals surface area contributed by atoms with Gasteiger partial charge in [0.25, 0.3) is 0 Å². The summed E-state index contributed by atoms with van der Waals surface area (Å²) >= 11 is 5.81. The summed E-state index contributed by atoms with van der Waals surface area (Å²) in [7, 11) is 0. The fourth-order valence-electron chi connectivity index (χ4n) is 1.50. The van der Waals surface area contributed by atoms with Crippen molar-refractivity contribution >= 4 is 23.6 Å². The molecule has 0 aliphatic heterocycles. The van der Waals surface area contributed by atoms with Crippen molar-refractivity contribution in [1.29, 1.82) is 0 Å². The zero-order valence-corrected chi connectivity index (χ0v) is 13.3. The Bertz CT molecular complexity index is 460. The summed E-state index contributed by atoms with van der Waals surface area (Å²) in [6.07, 6.45) is 2.08. The smallest absolute Gasteiger partial charge is 0.159 e. The first-order chi connectivity index (χ1) is 9.28.